The van der Waals surface area contributed by atoms with Crippen LogP contribution in [0.5, 0.6) is 5.75 Å². The number of benzene rings is 1. The number of para-hydroxylation sites is 1. The van der Waals surface area contributed by atoms with Gasteiger partial charge in [-0.15, -0.1) is 11.3 Å². The zero-order valence-corrected chi connectivity index (χ0v) is 17.2. The second-order valence-corrected chi connectivity index (χ2v) is 7.34. The van der Waals surface area contributed by atoms with Crippen LogP contribution in [0.15, 0.2) is 72.5 Å². The molecule has 3 aromatic heterocycles. The summed E-state index contributed by atoms with van der Waals surface area (Å²) in [5, 5.41) is 5.34. The summed E-state index contributed by atoms with van der Waals surface area (Å²) in [5.41, 5.74) is 3.39. The molecule has 7 heteroatoms. The van der Waals surface area contributed by atoms with Crippen molar-refractivity contribution in [2.45, 2.75) is 6.54 Å². The third kappa shape index (κ3) is 4.64. The Bertz CT molecular complexity index is 1160. The van der Waals surface area contributed by atoms with Crippen molar-refractivity contribution in [2.75, 3.05) is 12.4 Å². The van der Waals surface area contributed by atoms with E-state index >= 15 is 0 Å². The van der Waals surface area contributed by atoms with Crippen molar-refractivity contribution in [1.29, 1.82) is 0 Å². The standard InChI is InChI=1S/C23H20N4O2S/c1-29-21-7-3-2-5-18(21)8-9-19-16-30-23(25-19)26-22(28)20-6-4-14-27(20)15-17-10-12-24-13-11-17/h2-14,16H,15H2,1H3,(H,25,26,28)/b9-8+. The van der Waals surface area contributed by atoms with E-state index in [2.05, 4.69) is 15.3 Å². The third-order valence-corrected chi connectivity index (χ3v) is 5.26. The van der Waals surface area contributed by atoms with Crippen molar-refractivity contribution in [3.05, 3.63) is 95.0 Å². The number of ether oxygens (including phenoxy) is 1. The number of hydrogen-bond acceptors (Lipinski definition) is 5. The Labute approximate surface area is 178 Å². The van der Waals surface area contributed by atoms with Gasteiger partial charge in [-0.2, -0.15) is 0 Å². The van der Waals surface area contributed by atoms with Gasteiger partial charge >= 0.3 is 0 Å². The molecule has 0 aliphatic rings. The van der Waals surface area contributed by atoms with E-state index in [4.69, 9.17) is 4.74 Å². The maximum Gasteiger partial charge on any atom is 0.274 e. The molecule has 4 rings (SSSR count). The Hall–Kier alpha value is -3.71. The van der Waals surface area contributed by atoms with Crippen molar-refractivity contribution < 1.29 is 9.53 Å². The number of nitrogens with one attached hydrogen (secondary N) is 1. The Kier molecular flexibility index (Phi) is 6.01. The molecular weight excluding hydrogens is 396 g/mol. The second-order valence-electron chi connectivity index (χ2n) is 6.48. The van der Waals surface area contributed by atoms with Gasteiger partial charge in [-0.05, 0) is 48.0 Å². The lowest BCUT2D eigenvalue weighted by molar-refractivity contribution is 0.101. The lowest BCUT2D eigenvalue weighted by atomic mass is 10.2. The van der Waals surface area contributed by atoms with Gasteiger partial charge in [0.05, 0.1) is 12.8 Å². The number of methoxy groups -OCH3 is 1. The van der Waals surface area contributed by atoms with Crippen molar-refractivity contribution >= 4 is 34.5 Å². The second kappa shape index (κ2) is 9.19. The number of thiazole rings is 1. The number of aromatic nitrogens is 3. The van der Waals surface area contributed by atoms with Crippen molar-refractivity contribution in [1.82, 2.24) is 14.5 Å². The molecule has 0 saturated carbocycles. The first-order chi connectivity index (χ1) is 14.7. The van der Waals surface area contributed by atoms with Gasteiger partial charge in [0.15, 0.2) is 5.13 Å². The van der Waals surface area contributed by atoms with E-state index < -0.39 is 0 Å². The van der Waals surface area contributed by atoms with Gasteiger partial charge in [-0.1, -0.05) is 18.2 Å². The Morgan fingerprint density at radius 3 is 2.80 bits per heavy atom. The zero-order chi connectivity index (χ0) is 20.8. The average molecular weight is 417 g/mol. The molecule has 6 nitrogen and oxygen atoms in total. The lowest BCUT2D eigenvalue weighted by Crippen LogP contribution is -2.17. The summed E-state index contributed by atoms with van der Waals surface area (Å²) >= 11 is 1.39. The number of carbonyl (C=O) groups is 1. The number of nitrogens with zero attached hydrogens (tertiary/aromatic N) is 3. The molecule has 1 N–H and O–H groups in total. The summed E-state index contributed by atoms with van der Waals surface area (Å²) in [6, 6.07) is 15.3. The topological polar surface area (TPSA) is 69.0 Å². The minimum absolute atomic E-state index is 0.191. The molecule has 0 aliphatic carbocycles. The third-order valence-electron chi connectivity index (χ3n) is 4.48. The molecule has 0 spiro atoms. The predicted octanol–water partition coefficient (Wildman–Crippen LogP) is 4.82. The SMILES string of the molecule is COc1ccccc1/C=C/c1csc(NC(=O)c2cccn2Cc2ccncc2)n1. The summed E-state index contributed by atoms with van der Waals surface area (Å²) in [7, 11) is 1.65. The molecule has 1 amide bonds. The molecule has 4 aromatic rings. The van der Waals surface area contributed by atoms with E-state index in [9.17, 15) is 4.79 Å². The first kappa shape index (κ1) is 19.6. The number of amides is 1. The predicted molar refractivity (Wildman–Crippen MR) is 120 cm³/mol. The first-order valence-electron chi connectivity index (χ1n) is 9.35. The average Bonchev–Trinajstić information content (AvgIpc) is 3.42. The van der Waals surface area contributed by atoms with Crippen LogP contribution in [-0.4, -0.2) is 27.6 Å². The molecule has 0 unspecified atom stereocenters. The Morgan fingerprint density at radius 1 is 1.13 bits per heavy atom. The van der Waals surface area contributed by atoms with Gasteiger partial charge in [-0.25, -0.2) is 4.98 Å². The molecule has 3 heterocycles. The van der Waals surface area contributed by atoms with Crippen molar-refractivity contribution in [3.8, 4) is 5.75 Å². The molecule has 0 bridgehead atoms. The maximum absolute atomic E-state index is 12.7. The lowest BCUT2D eigenvalue weighted by Gasteiger charge is -2.08. The molecule has 0 saturated heterocycles. The Balaban J connectivity index is 1.44. The summed E-state index contributed by atoms with van der Waals surface area (Å²) in [6.45, 7) is 0.600. The molecule has 1 aromatic carbocycles. The highest BCUT2D eigenvalue weighted by molar-refractivity contribution is 7.14. The fraction of sp³-hybridized carbons (Fsp3) is 0.0870. The van der Waals surface area contributed by atoms with Crippen LogP contribution in [0, 0.1) is 0 Å². The van der Waals surface area contributed by atoms with Gasteiger partial charge < -0.3 is 9.30 Å². The molecule has 0 aliphatic heterocycles. The molecule has 30 heavy (non-hydrogen) atoms. The van der Waals surface area contributed by atoms with E-state index in [-0.39, 0.29) is 5.91 Å². The maximum atomic E-state index is 12.7. The van der Waals surface area contributed by atoms with E-state index in [1.807, 2.05) is 70.8 Å². The highest BCUT2D eigenvalue weighted by Crippen LogP contribution is 2.22. The van der Waals surface area contributed by atoms with Crippen LogP contribution in [0.4, 0.5) is 5.13 Å². The van der Waals surface area contributed by atoms with Crippen LogP contribution < -0.4 is 10.1 Å². The number of carbonyl (C=O) groups excluding carboxylic acids is 1. The van der Waals surface area contributed by atoms with Gasteiger partial charge in [0.2, 0.25) is 0 Å². The smallest absolute Gasteiger partial charge is 0.274 e. The Morgan fingerprint density at radius 2 is 1.97 bits per heavy atom. The fourth-order valence-electron chi connectivity index (χ4n) is 3.00. The quantitative estimate of drug-likeness (QED) is 0.469. The van der Waals surface area contributed by atoms with Crippen molar-refractivity contribution in [3.63, 3.8) is 0 Å². The van der Waals surface area contributed by atoms with Gasteiger partial charge in [0, 0.05) is 36.1 Å². The zero-order valence-electron chi connectivity index (χ0n) is 16.4. The van der Waals surface area contributed by atoms with Crippen LogP contribution in [0.3, 0.4) is 0 Å². The normalized spacial score (nSPS) is 11.0. The molecule has 150 valence electrons. The highest BCUT2D eigenvalue weighted by Gasteiger charge is 2.13. The van der Waals surface area contributed by atoms with Crippen LogP contribution in [0.2, 0.25) is 0 Å². The number of pyridine rings is 1. The van der Waals surface area contributed by atoms with Crippen LogP contribution in [-0.2, 0) is 6.54 Å². The van der Waals surface area contributed by atoms with Crippen LogP contribution in [0.25, 0.3) is 12.2 Å². The minimum Gasteiger partial charge on any atom is -0.496 e. The number of rotatable bonds is 7. The van der Waals surface area contributed by atoms with Gasteiger partial charge in [-0.3, -0.25) is 15.1 Å². The summed E-state index contributed by atoms with van der Waals surface area (Å²) in [6.07, 6.45) is 9.22. The summed E-state index contributed by atoms with van der Waals surface area (Å²) < 4.78 is 7.26. The fourth-order valence-corrected chi connectivity index (χ4v) is 3.68. The van der Waals surface area contributed by atoms with E-state index in [0.29, 0.717) is 17.4 Å². The molecule has 0 atom stereocenters. The van der Waals surface area contributed by atoms with Gasteiger partial charge in [0.1, 0.15) is 11.4 Å². The molecule has 0 fully saturated rings. The first-order valence-corrected chi connectivity index (χ1v) is 10.2. The molecular formula is C23H20N4O2S. The van der Waals surface area contributed by atoms with Gasteiger partial charge in [0.25, 0.3) is 5.91 Å². The minimum atomic E-state index is -0.191. The van der Waals surface area contributed by atoms with E-state index in [1.165, 1.54) is 11.3 Å². The number of anilines is 1. The highest BCUT2D eigenvalue weighted by atomic mass is 32.1. The monoisotopic (exact) mass is 416 g/mol. The van der Waals surface area contributed by atoms with E-state index in [1.54, 1.807) is 25.6 Å². The summed E-state index contributed by atoms with van der Waals surface area (Å²) in [4.78, 5) is 21.3. The molecule has 0 radical (unpaired) electrons. The van der Waals surface area contributed by atoms with E-state index in [0.717, 1.165) is 22.6 Å². The number of hydrogen-bond donors (Lipinski definition) is 1. The van der Waals surface area contributed by atoms with Crippen LogP contribution in [0.1, 0.15) is 27.3 Å². The van der Waals surface area contributed by atoms with Crippen LogP contribution >= 0.6 is 11.3 Å². The largest absolute Gasteiger partial charge is 0.496 e. The summed E-state index contributed by atoms with van der Waals surface area (Å²) in [5.74, 6) is 0.608. The van der Waals surface area contributed by atoms with Crippen molar-refractivity contribution in [2.24, 2.45) is 0 Å².